The van der Waals surface area contributed by atoms with Gasteiger partial charge in [0, 0.05) is 42.2 Å². The topological polar surface area (TPSA) is 16.4 Å². The van der Waals surface area contributed by atoms with Gasteiger partial charge < -0.3 is 9.32 Å². The molecule has 2 nitrogen and oxygen atoms in total. The van der Waals surface area contributed by atoms with Crippen molar-refractivity contribution in [1.29, 1.82) is 0 Å². The molecule has 0 aliphatic carbocycles. The van der Waals surface area contributed by atoms with Gasteiger partial charge in [0.25, 0.3) is 0 Å². The van der Waals surface area contributed by atoms with Gasteiger partial charge in [-0.1, -0.05) is 164 Å². The van der Waals surface area contributed by atoms with E-state index in [0.717, 1.165) is 50.1 Å². The second kappa shape index (κ2) is 12.7. The van der Waals surface area contributed by atoms with Gasteiger partial charge in [-0.15, -0.1) is 11.3 Å². The third kappa shape index (κ3) is 4.96. The summed E-state index contributed by atoms with van der Waals surface area (Å²) in [6.45, 7) is 0. The molecule has 12 aromatic rings. The molecule has 0 N–H and O–H groups in total. The van der Waals surface area contributed by atoms with E-state index in [9.17, 15) is 0 Å². The number of furan rings is 1. The number of thiophene rings is 1. The van der Waals surface area contributed by atoms with Crippen LogP contribution in [-0.2, 0) is 0 Å². The van der Waals surface area contributed by atoms with E-state index < -0.39 is 0 Å². The summed E-state index contributed by atoms with van der Waals surface area (Å²) in [5.74, 6) is 0. The molecule has 0 bridgehead atoms. The molecule has 0 fully saturated rings. The minimum absolute atomic E-state index is 0.874. The second-order valence-electron chi connectivity index (χ2n) is 14.8. The van der Waals surface area contributed by atoms with Crippen molar-refractivity contribution in [2.24, 2.45) is 0 Å². The summed E-state index contributed by atoms with van der Waals surface area (Å²) in [6, 6.07) is 72.6. The quantitative estimate of drug-likeness (QED) is 0.163. The molecule has 2 aromatic heterocycles. The highest BCUT2D eigenvalue weighted by molar-refractivity contribution is 7.26. The maximum absolute atomic E-state index is 6.94. The van der Waals surface area contributed by atoms with Gasteiger partial charge in [0.15, 0.2) is 0 Å². The van der Waals surface area contributed by atoms with Crippen LogP contribution in [0.25, 0.3) is 96.7 Å². The molecule has 0 unspecified atom stereocenters. The van der Waals surface area contributed by atoms with Crippen molar-refractivity contribution in [3.05, 3.63) is 200 Å². The van der Waals surface area contributed by atoms with E-state index in [2.05, 4.69) is 205 Å². The first-order valence-electron chi connectivity index (χ1n) is 19.4. The summed E-state index contributed by atoms with van der Waals surface area (Å²) < 4.78 is 9.49. The van der Waals surface area contributed by atoms with Crippen LogP contribution in [0.2, 0.25) is 0 Å². The van der Waals surface area contributed by atoms with Gasteiger partial charge in [-0.2, -0.15) is 0 Å². The number of hydrogen-bond donors (Lipinski definition) is 0. The van der Waals surface area contributed by atoms with E-state index in [1.54, 1.807) is 0 Å². The maximum atomic E-state index is 6.94. The van der Waals surface area contributed by atoms with E-state index in [1.807, 2.05) is 11.3 Å². The average Bonchev–Trinajstić information content (AvgIpc) is 3.86. The van der Waals surface area contributed by atoms with Gasteiger partial charge in [-0.25, -0.2) is 0 Å². The lowest BCUT2D eigenvalue weighted by Gasteiger charge is -2.28. The third-order valence-corrected chi connectivity index (χ3v) is 12.9. The van der Waals surface area contributed by atoms with Crippen molar-refractivity contribution in [2.75, 3.05) is 4.90 Å². The van der Waals surface area contributed by atoms with Gasteiger partial charge in [0.05, 0.1) is 16.8 Å². The van der Waals surface area contributed by atoms with Crippen LogP contribution in [0.3, 0.4) is 0 Å². The van der Waals surface area contributed by atoms with Gasteiger partial charge in [0.1, 0.15) is 11.2 Å². The maximum Gasteiger partial charge on any atom is 0.145 e. The summed E-state index contributed by atoms with van der Waals surface area (Å²) in [7, 11) is 0. The van der Waals surface area contributed by atoms with Gasteiger partial charge in [-0.3, -0.25) is 0 Å². The zero-order valence-corrected chi connectivity index (χ0v) is 31.6. The van der Waals surface area contributed by atoms with Crippen molar-refractivity contribution in [1.82, 2.24) is 0 Å². The van der Waals surface area contributed by atoms with E-state index in [0.29, 0.717) is 0 Å². The summed E-state index contributed by atoms with van der Waals surface area (Å²) in [6.07, 6.45) is 0. The SMILES string of the molecule is c1ccc(-c2cccc3c2sc2cc(N(c4cccc5c4ccc4ccccc45)c4ccc(-c5cccc6ccccc56)c5oc6ccccc6c45)ccc23)cc1. The fourth-order valence-electron chi connectivity index (χ4n) is 9.07. The molecule has 0 aliphatic heterocycles. The van der Waals surface area contributed by atoms with Crippen LogP contribution in [-0.4, -0.2) is 0 Å². The van der Waals surface area contributed by atoms with Crippen molar-refractivity contribution >= 4 is 103 Å². The van der Waals surface area contributed by atoms with Crippen LogP contribution in [0.5, 0.6) is 0 Å². The fourth-order valence-corrected chi connectivity index (χ4v) is 10.3. The van der Waals surface area contributed by atoms with Gasteiger partial charge in [-0.05, 0) is 80.0 Å². The minimum Gasteiger partial charge on any atom is -0.455 e. The molecule has 57 heavy (non-hydrogen) atoms. The smallest absolute Gasteiger partial charge is 0.145 e. The van der Waals surface area contributed by atoms with Crippen LogP contribution < -0.4 is 4.90 Å². The molecule has 0 atom stereocenters. The van der Waals surface area contributed by atoms with Crippen molar-refractivity contribution in [3.63, 3.8) is 0 Å². The van der Waals surface area contributed by atoms with Gasteiger partial charge in [0.2, 0.25) is 0 Å². The summed E-state index contributed by atoms with van der Waals surface area (Å²) >= 11 is 1.87. The molecule has 0 spiro atoms. The van der Waals surface area contributed by atoms with Gasteiger partial charge >= 0.3 is 0 Å². The Kier molecular flexibility index (Phi) is 7.13. The molecule has 10 aromatic carbocycles. The first-order valence-corrected chi connectivity index (χ1v) is 20.2. The minimum atomic E-state index is 0.874. The second-order valence-corrected chi connectivity index (χ2v) is 15.8. The van der Waals surface area contributed by atoms with Crippen LogP contribution in [0.4, 0.5) is 17.1 Å². The normalized spacial score (nSPS) is 11.9. The zero-order valence-electron chi connectivity index (χ0n) is 30.8. The van der Waals surface area contributed by atoms with Crippen molar-refractivity contribution in [3.8, 4) is 22.3 Å². The molecule has 0 aliphatic rings. The number of para-hydroxylation sites is 1. The third-order valence-electron chi connectivity index (χ3n) is 11.7. The van der Waals surface area contributed by atoms with Crippen LogP contribution in [0.1, 0.15) is 0 Å². The first-order chi connectivity index (χ1) is 28.3. The lowest BCUT2D eigenvalue weighted by Crippen LogP contribution is -2.11. The lowest BCUT2D eigenvalue weighted by molar-refractivity contribution is 0.670. The molecule has 3 heteroatoms. The molecule has 12 rings (SSSR count). The number of hydrogen-bond acceptors (Lipinski definition) is 3. The summed E-state index contributed by atoms with van der Waals surface area (Å²) in [4.78, 5) is 2.47. The molecule has 0 amide bonds. The molecule has 0 radical (unpaired) electrons. The van der Waals surface area contributed by atoms with E-state index in [1.165, 1.54) is 63.6 Å². The number of rotatable bonds is 5. The van der Waals surface area contributed by atoms with Crippen molar-refractivity contribution < 1.29 is 4.42 Å². The number of benzene rings is 10. The Morgan fingerprint density at radius 2 is 1.05 bits per heavy atom. The Hall–Kier alpha value is -7.20. The highest BCUT2D eigenvalue weighted by atomic mass is 32.1. The molecule has 2 heterocycles. The predicted octanol–water partition coefficient (Wildman–Crippen LogP) is 16.2. The standard InChI is InChI=1S/C54H33NOS/c1-2-13-35(14-3-1)40-21-11-24-46-44-30-28-37(33-51(44)57-54(40)46)55(48-25-12-23-41-39-19-7-5-16-36(39)27-29-43(41)48)49-32-31-45(42-22-10-17-34-15-4-6-18-38(34)42)53-52(49)47-20-8-9-26-50(47)56-53/h1-33H. The van der Waals surface area contributed by atoms with Crippen LogP contribution >= 0.6 is 11.3 Å². The number of fused-ring (bicyclic) bond motifs is 10. The highest BCUT2D eigenvalue weighted by Crippen LogP contribution is 2.50. The molecular formula is C54H33NOS. The van der Waals surface area contributed by atoms with Crippen molar-refractivity contribution in [2.45, 2.75) is 0 Å². The molecule has 266 valence electrons. The van der Waals surface area contributed by atoms with Crippen LogP contribution in [0, 0.1) is 0 Å². The Morgan fingerprint density at radius 3 is 1.95 bits per heavy atom. The fraction of sp³-hybridized carbons (Fsp3) is 0. The lowest BCUT2D eigenvalue weighted by atomic mass is 9.95. The average molecular weight is 744 g/mol. The summed E-state index contributed by atoms with van der Waals surface area (Å²) in [5, 5.41) is 12.1. The Bertz CT molecular complexity index is 3530. The van der Waals surface area contributed by atoms with E-state index in [4.69, 9.17) is 4.42 Å². The number of nitrogens with zero attached hydrogens (tertiary/aromatic N) is 1. The Balaban J connectivity index is 1.17. The zero-order chi connectivity index (χ0) is 37.5. The molecule has 0 saturated carbocycles. The molecular weight excluding hydrogens is 711 g/mol. The monoisotopic (exact) mass is 743 g/mol. The highest BCUT2D eigenvalue weighted by Gasteiger charge is 2.25. The van der Waals surface area contributed by atoms with E-state index in [-0.39, 0.29) is 0 Å². The predicted molar refractivity (Wildman–Crippen MR) is 245 cm³/mol. The first kappa shape index (κ1) is 32.1. The van der Waals surface area contributed by atoms with E-state index >= 15 is 0 Å². The largest absolute Gasteiger partial charge is 0.455 e. The Labute approximate surface area is 333 Å². The van der Waals surface area contributed by atoms with Crippen LogP contribution in [0.15, 0.2) is 205 Å². The number of anilines is 3. The molecule has 0 saturated heterocycles. The Morgan fingerprint density at radius 1 is 0.386 bits per heavy atom. The summed E-state index contributed by atoms with van der Waals surface area (Å²) in [5.41, 5.74) is 9.80.